The van der Waals surface area contributed by atoms with E-state index >= 15 is 0 Å². The number of rotatable bonds is 4. The minimum Gasteiger partial charge on any atom is -0.380 e. The van der Waals surface area contributed by atoms with Crippen LogP contribution in [-0.4, -0.2) is 24.6 Å². The predicted octanol–water partition coefficient (Wildman–Crippen LogP) is 1.49. The minimum atomic E-state index is -3.23. The summed E-state index contributed by atoms with van der Waals surface area (Å²) in [4.78, 5) is 7.83. The van der Waals surface area contributed by atoms with Gasteiger partial charge in [0.05, 0.1) is 11.9 Å². The fourth-order valence-electron chi connectivity index (χ4n) is 1.41. The van der Waals surface area contributed by atoms with Crippen molar-refractivity contribution in [1.29, 1.82) is 0 Å². The van der Waals surface area contributed by atoms with E-state index in [-0.39, 0.29) is 5.03 Å². The third-order valence-corrected chi connectivity index (χ3v) is 3.36. The van der Waals surface area contributed by atoms with Crippen molar-refractivity contribution in [2.24, 2.45) is 0 Å². The summed E-state index contributed by atoms with van der Waals surface area (Å²) in [5, 5.41) is 3.24. The Morgan fingerprint density at radius 2 is 1.89 bits per heavy atom. The molecular formula is C12H13N3O2S. The van der Waals surface area contributed by atoms with Gasteiger partial charge in [-0.15, -0.1) is 0 Å². The van der Waals surface area contributed by atoms with Gasteiger partial charge in [-0.25, -0.2) is 13.4 Å². The Hall–Kier alpha value is -1.95. The van der Waals surface area contributed by atoms with E-state index in [0.717, 1.165) is 17.5 Å². The molecule has 0 aliphatic heterocycles. The van der Waals surface area contributed by atoms with E-state index in [4.69, 9.17) is 0 Å². The maximum Gasteiger partial charge on any atom is 0.192 e. The van der Waals surface area contributed by atoms with E-state index < -0.39 is 9.84 Å². The zero-order valence-electron chi connectivity index (χ0n) is 9.87. The van der Waals surface area contributed by atoms with Gasteiger partial charge >= 0.3 is 0 Å². The second-order valence-electron chi connectivity index (χ2n) is 3.87. The van der Waals surface area contributed by atoms with Crippen LogP contribution in [0.1, 0.15) is 5.56 Å². The molecule has 0 radical (unpaired) electrons. The van der Waals surface area contributed by atoms with Gasteiger partial charge in [-0.2, -0.15) is 0 Å². The third kappa shape index (κ3) is 3.27. The van der Waals surface area contributed by atoms with E-state index in [1.807, 2.05) is 12.1 Å². The van der Waals surface area contributed by atoms with Gasteiger partial charge in [-0.05, 0) is 29.8 Å². The highest BCUT2D eigenvalue weighted by Crippen LogP contribution is 2.11. The molecule has 6 heteroatoms. The Morgan fingerprint density at radius 1 is 1.17 bits per heavy atom. The van der Waals surface area contributed by atoms with Gasteiger partial charge in [0.2, 0.25) is 0 Å². The van der Waals surface area contributed by atoms with Crippen molar-refractivity contribution in [3.8, 4) is 0 Å². The average Bonchev–Trinajstić information content (AvgIpc) is 2.37. The number of nitrogens with one attached hydrogen (secondary N) is 1. The summed E-state index contributed by atoms with van der Waals surface area (Å²) in [6.45, 7) is 0.641. The smallest absolute Gasteiger partial charge is 0.192 e. The molecule has 18 heavy (non-hydrogen) atoms. The molecule has 0 saturated heterocycles. The summed E-state index contributed by atoms with van der Waals surface area (Å²) in [5.74, 6) is 0. The summed E-state index contributed by atoms with van der Waals surface area (Å²) in [5.41, 5.74) is 1.87. The largest absolute Gasteiger partial charge is 0.380 e. The molecule has 2 heterocycles. The van der Waals surface area contributed by atoms with Crippen molar-refractivity contribution in [2.75, 3.05) is 11.6 Å². The van der Waals surface area contributed by atoms with Gasteiger partial charge in [0.15, 0.2) is 14.9 Å². The first-order valence-corrected chi connectivity index (χ1v) is 7.24. The fraction of sp³-hybridized carbons (Fsp3) is 0.167. The molecule has 5 nitrogen and oxygen atoms in total. The lowest BCUT2D eigenvalue weighted by atomic mass is 10.2. The summed E-state index contributed by atoms with van der Waals surface area (Å²) < 4.78 is 22.5. The maximum atomic E-state index is 11.2. The van der Waals surface area contributed by atoms with Crippen LogP contribution in [0, 0.1) is 0 Å². The minimum absolute atomic E-state index is 0.0805. The van der Waals surface area contributed by atoms with Gasteiger partial charge in [0, 0.05) is 25.2 Å². The van der Waals surface area contributed by atoms with E-state index in [1.165, 1.54) is 12.3 Å². The molecule has 0 atom stereocenters. The molecule has 0 amide bonds. The molecule has 0 aliphatic rings. The van der Waals surface area contributed by atoms with Crippen molar-refractivity contribution < 1.29 is 8.42 Å². The second-order valence-corrected chi connectivity index (χ2v) is 5.83. The Kier molecular flexibility index (Phi) is 3.57. The number of sulfone groups is 1. The molecule has 2 aromatic rings. The van der Waals surface area contributed by atoms with Crippen LogP contribution in [0.3, 0.4) is 0 Å². The van der Waals surface area contributed by atoms with Gasteiger partial charge in [-0.1, -0.05) is 0 Å². The van der Waals surface area contributed by atoms with E-state index in [1.54, 1.807) is 18.5 Å². The number of nitrogens with zero attached hydrogens (tertiary/aromatic N) is 2. The Morgan fingerprint density at radius 3 is 2.44 bits per heavy atom. The molecule has 0 saturated carbocycles. The van der Waals surface area contributed by atoms with Crippen molar-refractivity contribution >= 4 is 15.5 Å². The van der Waals surface area contributed by atoms with Crippen molar-refractivity contribution in [3.63, 3.8) is 0 Å². The Balaban J connectivity index is 2.03. The molecule has 0 aliphatic carbocycles. The highest BCUT2D eigenvalue weighted by Gasteiger charge is 2.07. The zero-order valence-corrected chi connectivity index (χ0v) is 10.7. The summed E-state index contributed by atoms with van der Waals surface area (Å²) in [6, 6.07) is 7.01. The molecule has 2 rings (SSSR count). The quantitative estimate of drug-likeness (QED) is 0.905. The number of hydrogen-bond donors (Lipinski definition) is 1. The van der Waals surface area contributed by atoms with Crippen molar-refractivity contribution in [2.45, 2.75) is 11.6 Å². The second kappa shape index (κ2) is 5.14. The molecule has 94 valence electrons. The SMILES string of the molecule is CS(=O)(=O)c1ccc(NCc2ccncc2)cn1. The molecule has 0 spiro atoms. The summed E-state index contributed by atoms with van der Waals surface area (Å²) in [6.07, 6.45) is 6.10. The number of anilines is 1. The van der Waals surface area contributed by atoms with Crippen LogP contribution in [0.25, 0.3) is 0 Å². The van der Waals surface area contributed by atoms with Crippen LogP contribution in [0.4, 0.5) is 5.69 Å². The lowest BCUT2D eigenvalue weighted by molar-refractivity contribution is 0.598. The molecule has 1 N–H and O–H groups in total. The highest BCUT2D eigenvalue weighted by molar-refractivity contribution is 7.90. The van der Waals surface area contributed by atoms with Crippen LogP contribution in [0.5, 0.6) is 0 Å². The zero-order chi connectivity index (χ0) is 13.0. The molecule has 0 fully saturated rings. The topological polar surface area (TPSA) is 72.0 Å². The Bertz CT molecular complexity index is 610. The first-order valence-electron chi connectivity index (χ1n) is 5.34. The number of hydrogen-bond acceptors (Lipinski definition) is 5. The average molecular weight is 263 g/mol. The van der Waals surface area contributed by atoms with Crippen LogP contribution in [-0.2, 0) is 16.4 Å². The van der Waals surface area contributed by atoms with Crippen LogP contribution in [0.2, 0.25) is 0 Å². The normalized spacial score (nSPS) is 11.2. The van der Waals surface area contributed by atoms with Gasteiger partial charge < -0.3 is 5.32 Å². The Labute approximate surface area is 106 Å². The molecule has 2 aromatic heterocycles. The van der Waals surface area contributed by atoms with E-state index in [2.05, 4.69) is 15.3 Å². The van der Waals surface area contributed by atoms with Crippen molar-refractivity contribution in [3.05, 3.63) is 48.4 Å². The molecule has 0 aromatic carbocycles. The standard InChI is InChI=1S/C12H13N3O2S/c1-18(16,17)12-3-2-11(9-15-12)14-8-10-4-6-13-7-5-10/h2-7,9,14H,8H2,1H3. The summed E-state index contributed by atoms with van der Waals surface area (Å²) in [7, 11) is -3.23. The molecule has 0 unspecified atom stereocenters. The summed E-state index contributed by atoms with van der Waals surface area (Å²) >= 11 is 0. The van der Waals surface area contributed by atoms with Crippen LogP contribution < -0.4 is 5.32 Å². The van der Waals surface area contributed by atoms with Crippen LogP contribution in [0.15, 0.2) is 47.9 Å². The van der Waals surface area contributed by atoms with Gasteiger partial charge in [0.1, 0.15) is 0 Å². The molecule has 0 bridgehead atoms. The monoisotopic (exact) mass is 263 g/mol. The lowest BCUT2D eigenvalue weighted by Gasteiger charge is -2.06. The predicted molar refractivity (Wildman–Crippen MR) is 68.9 cm³/mol. The van der Waals surface area contributed by atoms with Crippen molar-refractivity contribution in [1.82, 2.24) is 9.97 Å². The van der Waals surface area contributed by atoms with Gasteiger partial charge in [0.25, 0.3) is 0 Å². The number of pyridine rings is 2. The fourth-order valence-corrected chi connectivity index (χ4v) is 1.97. The lowest BCUT2D eigenvalue weighted by Crippen LogP contribution is -2.03. The molecular weight excluding hydrogens is 250 g/mol. The third-order valence-electron chi connectivity index (χ3n) is 2.36. The number of aromatic nitrogens is 2. The highest BCUT2D eigenvalue weighted by atomic mass is 32.2. The first kappa shape index (κ1) is 12.5. The van der Waals surface area contributed by atoms with E-state index in [9.17, 15) is 8.42 Å². The van der Waals surface area contributed by atoms with Crippen LogP contribution >= 0.6 is 0 Å². The van der Waals surface area contributed by atoms with Gasteiger partial charge in [-0.3, -0.25) is 4.98 Å². The first-order chi connectivity index (χ1) is 8.55. The van der Waals surface area contributed by atoms with E-state index in [0.29, 0.717) is 6.54 Å². The maximum absolute atomic E-state index is 11.2.